The molecule has 2 aromatic rings. The number of nitrogens with zero attached hydrogens (tertiary/aromatic N) is 4. The second-order valence-corrected chi connectivity index (χ2v) is 8.59. The van der Waals surface area contributed by atoms with Crippen LogP contribution < -0.4 is 4.90 Å². The number of hydrogen-bond donors (Lipinski definition) is 0. The Morgan fingerprint density at radius 3 is 2.41 bits per heavy atom. The van der Waals surface area contributed by atoms with E-state index >= 15 is 0 Å². The van der Waals surface area contributed by atoms with Crippen LogP contribution in [0.5, 0.6) is 0 Å². The van der Waals surface area contributed by atoms with Gasteiger partial charge in [-0.15, -0.1) is 11.3 Å². The third-order valence-corrected chi connectivity index (χ3v) is 6.55. The van der Waals surface area contributed by atoms with Gasteiger partial charge in [0.15, 0.2) is 0 Å². The van der Waals surface area contributed by atoms with Crippen molar-refractivity contribution in [2.24, 2.45) is 0 Å². The molecule has 6 heteroatoms. The molecule has 0 spiro atoms. The number of hydrogen-bond acceptors (Lipinski definition) is 5. The Hall–Kier alpha value is -1.92. The molecule has 0 saturated carbocycles. The van der Waals surface area contributed by atoms with Gasteiger partial charge in [-0.2, -0.15) is 0 Å². The number of carbonyl (C=O) groups excluding carboxylic acids is 1. The van der Waals surface area contributed by atoms with E-state index in [4.69, 9.17) is 0 Å². The van der Waals surface area contributed by atoms with Gasteiger partial charge in [0.05, 0.1) is 4.88 Å². The Balaban J connectivity index is 1.32. The average Bonchev–Trinajstić information content (AvgIpc) is 3.03. The molecule has 2 aliphatic heterocycles. The van der Waals surface area contributed by atoms with Gasteiger partial charge in [-0.25, -0.2) is 4.98 Å². The zero-order valence-corrected chi connectivity index (χ0v) is 16.7. The highest BCUT2D eigenvalue weighted by Gasteiger charge is 2.24. The van der Waals surface area contributed by atoms with Crippen molar-refractivity contribution >= 4 is 23.1 Å². The van der Waals surface area contributed by atoms with Gasteiger partial charge >= 0.3 is 0 Å². The average molecular weight is 385 g/mol. The summed E-state index contributed by atoms with van der Waals surface area (Å²) >= 11 is 1.67. The number of carbonyl (C=O) groups is 1. The lowest BCUT2D eigenvalue weighted by Gasteiger charge is -2.35. The van der Waals surface area contributed by atoms with Crippen LogP contribution in [-0.4, -0.2) is 60.0 Å². The Labute approximate surface area is 165 Å². The quantitative estimate of drug-likeness (QED) is 0.809. The lowest BCUT2D eigenvalue weighted by molar-refractivity contribution is 0.0751. The fraction of sp³-hybridized carbons (Fsp3) is 0.524. The first-order valence-corrected chi connectivity index (χ1v) is 10.9. The fourth-order valence-corrected chi connectivity index (χ4v) is 4.95. The molecule has 2 fully saturated rings. The molecule has 0 aromatic carbocycles. The molecular weight excluding hydrogens is 356 g/mol. The highest BCUT2D eigenvalue weighted by Crippen LogP contribution is 2.23. The molecular formula is C21H28N4OS. The van der Waals surface area contributed by atoms with Crippen LogP contribution in [0.4, 0.5) is 5.82 Å². The largest absolute Gasteiger partial charge is 0.353 e. The number of likely N-dealkylation sites (tertiary alicyclic amines) is 1. The molecule has 5 nitrogen and oxygen atoms in total. The number of rotatable bonds is 4. The van der Waals surface area contributed by atoms with Crippen molar-refractivity contribution in [3.05, 3.63) is 46.3 Å². The van der Waals surface area contributed by atoms with Gasteiger partial charge in [-0.3, -0.25) is 9.69 Å². The zero-order valence-electron chi connectivity index (χ0n) is 15.8. The summed E-state index contributed by atoms with van der Waals surface area (Å²) in [6.45, 7) is 6.58. The van der Waals surface area contributed by atoms with E-state index in [-0.39, 0.29) is 5.91 Å². The Morgan fingerprint density at radius 2 is 1.70 bits per heavy atom. The Morgan fingerprint density at radius 1 is 0.926 bits per heavy atom. The predicted molar refractivity (Wildman–Crippen MR) is 110 cm³/mol. The second kappa shape index (κ2) is 8.85. The molecule has 0 N–H and O–H groups in total. The van der Waals surface area contributed by atoms with Crippen LogP contribution in [0.15, 0.2) is 36.5 Å². The highest BCUT2D eigenvalue weighted by molar-refractivity contribution is 7.14. The van der Waals surface area contributed by atoms with Crippen molar-refractivity contribution < 1.29 is 4.79 Å². The number of pyridine rings is 1. The number of piperazine rings is 1. The topological polar surface area (TPSA) is 39.7 Å². The van der Waals surface area contributed by atoms with E-state index in [9.17, 15) is 4.79 Å². The van der Waals surface area contributed by atoms with Crippen molar-refractivity contribution in [1.29, 1.82) is 0 Å². The summed E-state index contributed by atoms with van der Waals surface area (Å²) in [5.41, 5.74) is 0. The van der Waals surface area contributed by atoms with E-state index in [2.05, 4.69) is 20.9 Å². The number of amides is 1. The lowest BCUT2D eigenvalue weighted by atomic mass is 10.2. The minimum Gasteiger partial charge on any atom is -0.353 e. The van der Waals surface area contributed by atoms with Gasteiger partial charge < -0.3 is 9.80 Å². The maximum absolute atomic E-state index is 12.9. The molecule has 0 unspecified atom stereocenters. The lowest BCUT2D eigenvalue weighted by Crippen LogP contribution is -2.48. The predicted octanol–water partition coefficient (Wildman–Crippen LogP) is 3.48. The van der Waals surface area contributed by atoms with Gasteiger partial charge in [-0.1, -0.05) is 18.9 Å². The molecule has 1 amide bonds. The minimum atomic E-state index is 0.183. The van der Waals surface area contributed by atoms with E-state index < -0.39 is 0 Å². The standard InChI is InChI=1S/C21H28N4OS/c26-21(25-15-13-24(14-16-25)20-7-3-4-10-22-20)19-9-8-18(27-19)17-23-11-5-1-2-6-12-23/h3-4,7-10H,1-2,5-6,11-17H2. The van der Waals surface area contributed by atoms with Gasteiger partial charge in [0.25, 0.3) is 5.91 Å². The van der Waals surface area contributed by atoms with E-state index in [1.165, 1.54) is 43.6 Å². The second-order valence-electron chi connectivity index (χ2n) is 7.42. The summed E-state index contributed by atoms with van der Waals surface area (Å²) in [7, 11) is 0. The summed E-state index contributed by atoms with van der Waals surface area (Å²) in [6, 6.07) is 10.1. The maximum Gasteiger partial charge on any atom is 0.264 e. The molecule has 0 atom stereocenters. The summed E-state index contributed by atoms with van der Waals surface area (Å²) < 4.78 is 0. The summed E-state index contributed by atoms with van der Waals surface area (Å²) in [5, 5.41) is 0. The van der Waals surface area contributed by atoms with Crippen molar-refractivity contribution in [3.63, 3.8) is 0 Å². The van der Waals surface area contributed by atoms with Crippen LogP contribution in [-0.2, 0) is 6.54 Å². The van der Waals surface area contributed by atoms with Crippen molar-refractivity contribution in [2.45, 2.75) is 32.2 Å². The molecule has 2 aromatic heterocycles. The summed E-state index contributed by atoms with van der Waals surface area (Å²) in [4.78, 5) is 26.3. The third-order valence-electron chi connectivity index (χ3n) is 5.49. The smallest absolute Gasteiger partial charge is 0.264 e. The normalized spacial score (nSPS) is 19.1. The first-order chi connectivity index (χ1) is 13.3. The van der Waals surface area contributed by atoms with Crippen molar-refractivity contribution in [3.8, 4) is 0 Å². The summed E-state index contributed by atoms with van der Waals surface area (Å²) in [6.07, 6.45) is 7.14. The van der Waals surface area contributed by atoms with E-state index in [1.54, 1.807) is 11.3 Å². The highest BCUT2D eigenvalue weighted by atomic mass is 32.1. The molecule has 2 aliphatic rings. The van der Waals surface area contributed by atoms with Gasteiger partial charge in [-0.05, 0) is 50.2 Å². The fourth-order valence-electron chi connectivity index (χ4n) is 3.93. The molecule has 4 heterocycles. The molecule has 0 bridgehead atoms. The SMILES string of the molecule is O=C(c1ccc(CN2CCCCCC2)s1)N1CCN(c2ccccn2)CC1. The monoisotopic (exact) mass is 384 g/mol. The van der Waals surface area contributed by atoms with Gasteiger partial charge in [0, 0.05) is 43.8 Å². The van der Waals surface area contributed by atoms with Crippen LogP contribution in [0.1, 0.15) is 40.2 Å². The van der Waals surface area contributed by atoms with Crippen LogP contribution in [0, 0.1) is 0 Å². The van der Waals surface area contributed by atoms with Crippen LogP contribution in [0.3, 0.4) is 0 Å². The van der Waals surface area contributed by atoms with E-state index in [0.717, 1.165) is 43.4 Å². The molecule has 4 rings (SSSR count). The Kier molecular flexibility index (Phi) is 6.04. The number of thiophene rings is 1. The summed E-state index contributed by atoms with van der Waals surface area (Å²) in [5.74, 6) is 1.18. The van der Waals surface area contributed by atoms with Gasteiger partial charge in [0.2, 0.25) is 0 Å². The first kappa shape index (κ1) is 18.4. The number of anilines is 1. The first-order valence-electron chi connectivity index (χ1n) is 10.1. The molecule has 0 aliphatic carbocycles. The van der Waals surface area contributed by atoms with E-state index in [0.29, 0.717) is 0 Å². The molecule has 0 radical (unpaired) electrons. The molecule has 144 valence electrons. The van der Waals surface area contributed by atoms with E-state index in [1.807, 2.05) is 35.4 Å². The van der Waals surface area contributed by atoms with Crippen LogP contribution in [0.25, 0.3) is 0 Å². The van der Waals surface area contributed by atoms with Gasteiger partial charge in [0.1, 0.15) is 5.82 Å². The van der Waals surface area contributed by atoms with Crippen molar-refractivity contribution in [2.75, 3.05) is 44.2 Å². The Bertz CT molecular complexity index is 732. The maximum atomic E-state index is 12.9. The van der Waals surface area contributed by atoms with Crippen LogP contribution in [0.2, 0.25) is 0 Å². The van der Waals surface area contributed by atoms with Crippen LogP contribution >= 0.6 is 11.3 Å². The molecule has 2 saturated heterocycles. The number of aromatic nitrogens is 1. The minimum absolute atomic E-state index is 0.183. The third kappa shape index (κ3) is 4.68. The zero-order chi connectivity index (χ0) is 18.5. The molecule has 27 heavy (non-hydrogen) atoms. The van der Waals surface area contributed by atoms with Crippen molar-refractivity contribution in [1.82, 2.24) is 14.8 Å².